The molecule has 1 amide bonds. The molecule has 49 heavy (non-hydrogen) atoms. The van der Waals surface area contributed by atoms with Crippen molar-refractivity contribution in [1.82, 2.24) is 19.9 Å². The summed E-state index contributed by atoms with van der Waals surface area (Å²) in [6.45, 7) is 13.8. The van der Waals surface area contributed by atoms with Gasteiger partial charge in [-0.05, 0) is 94.5 Å². The van der Waals surface area contributed by atoms with Crippen molar-refractivity contribution in [2.75, 3.05) is 18.5 Å². The van der Waals surface area contributed by atoms with Crippen LogP contribution in [0.2, 0.25) is 0 Å². The number of anilines is 1. The number of halogens is 3. The Hall–Kier alpha value is -4.62. The zero-order valence-electron chi connectivity index (χ0n) is 28.9. The number of alkyl halides is 3. The van der Waals surface area contributed by atoms with Crippen LogP contribution in [-0.2, 0) is 17.4 Å². The van der Waals surface area contributed by atoms with Crippen LogP contribution in [0.25, 0.3) is 22.5 Å². The van der Waals surface area contributed by atoms with Crippen molar-refractivity contribution in [3.8, 4) is 34.0 Å². The standard InChI is InChI=1S/C21H24F3N3O2.C15H20N4O/c1-12(2)10-20(3,25)11-29-17-5-4-13(8-16(17)21(22,23)24)14-6-7-26-19-15(14)9-18(28)27-19;1-10-14(20-9-15(3,4)16)6-5-12(18-10)13-7-8-17-11(2)19-13/h4-8,12H,9-11,25H2,1-3H3,(H,26,27,28);5-8H,9,16H2,1-4H3/t20-;/m0./s1. The molecule has 262 valence electrons. The number of nitrogens with one attached hydrogen (secondary N) is 1. The highest BCUT2D eigenvalue weighted by Gasteiger charge is 2.36. The van der Waals surface area contributed by atoms with E-state index >= 15 is 0 Å². The van der Waals surface area contributed by atoms with E-state index in [0.717, 1.165) is 34.7 Å². The largest absolute Gasteiger partial charge is 0.491 e. The molecule has 0 radical (unpaired) electrons. The fourth-order valence-electron chi connectivity index (χ4n) is 5.37. The summed E-state index contributed by atoms with van der Waals surface area (Å²) in [5.41, 5.74) is 14.0. The molecule has 0 spiro atoms. The number of nitrogens with zero attached hydrogens (tertiary/aromatic N) is 4. The first-order chi connectivity index (χ1) is 22.8. The van der Waals surface area contributed by atoms with Gasteiger partial charge in [0.1, 0.15) is 36.4 Å². The second-order valence-electron chi connectivity index (χ2n) is 13.7. The minimum atomic E-state index is -4.60. The molecule has 1 atom stereocenters. The molecule has 1 aliphatic heterocycles. The summed E-state index contributed by atoms with van der Waals surface area (Å²) in [6, 6.07) is 11.2. The fourth-order valence-corrected chi connectivity index (χ4v) is 5.37. The lowest BCUT2D eigenvalue weighted by molar-refractivity contribution is -0.139. The van der Waals surface area contributed by atoms with Gasteiger partial charge in [0.05, 0.1) is 29.1 Å². The van der Waals surface area contributed by atoms with Crippen LogP contribution in [0.5, 0.6) is 11.5 Å². The monoisotopic (exact) mass is 679 g/mol. The number of amides is 1. The Balaban J connectivity index is 0.000000237. The molecule has 0 saturated heterocycles. The Morgan fingerprint density at radius 3 is 2.16 bits per heavy atom. The third kappa shape index (κ3) is 10.4. The number of carbonyl (C=O) groups excluding carboxylic acids is 1. The first kappa shape index (κ1) is 37.2. The second-order valence-corrected chi connectivity index (χ2v) is 13.7. The molecule has 0 aliphatic carbocycles. The predicted molar refractivity (Wildman–Crippen MR) is 183 cm³/mol. The molecular weight excluding hydrogens is 635 g/mol. The molecular formula is C36H44F3N7O3. The van der Waals surface area contributed by atoms with Crippen molar-refractivity contribution < 1.29 is 27.4 Å². The third-order valence-electron chi connectivity index (χ3n) is 7.35. The summed E-state index contributed by atoms with van der Waals surface area (Å²) in [5.74, 6) is 1.66. The number of fused-ring (bicyclic) bond motifs is 1. The van der Waals surface area contributed by atoms with Gasteiger partial charge in [-0.2, -0.15) is 13.2 Å². The van der Waals surface area contributed by atoms with Crippen molar-refractivity contribution in [2.24, 2.45) is 17.4 Å². The lowest BCUT2D eigenvalue weighted by Crippen LogP contribution is -2.43. The van der Waals surface area contributed by atoms with Gasteiger partial charge < -0.3 is 26.3 Å². The first-order valence-electron chi connectivity index (χ1n) is 15.9. The van der Waals surface area contributed by atoms with Gasteiger partial charge in [0, 0.05) is 29.0 Å². The molecule has 0 fully saturated rings. The van der Waals surface area contributed by atoms with E-state index in [1.165, 1.54) is 12.3 Å². The van der Waals surface area contributed by atoms with Gasteiger partial charge in [-0.25, -0.2) is 19.9 Å². The smallest absolute Gasteiger partial charge is 0.419 e. The number of pyridine rings is 2. The molecule has 5 rings (SSSR count). The number of benzene rings is 1. The fraction of sp³-hybridized carbons (Fsp3) is 0.417. The van der Waals surface area contributed by atoms with Crippen molar-refractivity contribution in [2.45, 2.75) is 78.6 Å². The number of ether oxygens (including phenoxy) is 2. The molecule has 0 bridgehead atoms. The van der Waals surface area contributed by atoms with E-state index in [1.807, 2.05) is 59.7 Å². The van der Waals surface area contributed by atoms with Gasteiger partial charge in [-0.15, -0.1) is 0 Å². The Morgan fingerprint density at radius 2 is 1.53 bits per heavy atom. The van der Waals surface area contributed by atoms with Crippen LogP contribution in [0, 0.1) is 19.8 Å². The summed E-state index contributed by atoms with van der Waals surface area (Å²) in [5, 5.41) is 2.61. The zero-order valence-corrected chi connectivity index (χ0v) is 28.9. The van der Waals surface area contributed by atoms with Crippen LogP contribution in [0.3, 0.4) is 0 Å². The topological polar surface area (TPSA) is 151 Å². The molecule has 5 N–H and O–H groups in total. The summed E-state index contributed by atoms with van der Waals surface area (Å²) < 4.78 is 52.4. The SMILES string of the molecule is CC(C)C[C@](C)(N)COc1ccc(-c2ccnc3c2CC(=O)N3)cc1C(F)(F)F.Cc1nccc(-c2ccc(OCC(C)(C)N)c(C)n2)n1. The van der Waals surface area contributed by atoms with Gasteiger partial charge in [-0.1, -0.05) is 19.9 Å². The minimum absolute atomic E-state index is 0.0311. The average molecular weight is 680 g/mol. The molecule has 3 aromatic heterocycles. The zero-order chi connectivity index (χ0) is 36.1. The van der Waals surface area contributed by atoms with Crippen LogP contribution >= 0.6 is 0 Å². The summed E-state index contributed by atoms with van der Waals surface area (Å²) in [4.78, 5) is 28.7. The summed E-state index contributed by atoms with van der Waals surface area (Å²) >= 11 is 0. The predicted octanol–water partition coefficient (Wildman–Crippen LogP) is 6.68. The molecule has 13 heteroatoms. The molecule has 4 heterocycles. The Bertz CT molecular complexity index is 1790. The van der Waals surface area contributed by atoms with E-state index in [0.29, 0.717) is 41.5 Å². The van der Waals surface area contributed by atoms with Crippen molar-refractivity contribution in [3.05, 3.63) is 77.5 Å². The number of rotatable bonds is 10. The number of hydrogen-bond acceptors (Lipinski definition) is 9. The van der Waals surface area contributed by atoms with Crippen LogP contribution in [0.1, 0.15) is 63.7 Å². The van der Waals surface area contributed by atoms with Gasteiger partial charge in [0.15, 0.2) is 0 Å². The molecule has 1 aliphatic rings. The molecule has 0 unspecified atom stereocenters. The number of nitrogens with two attached hydrogens (primary N) is 2. The van der Waals surface area contributed by atoms with Crippen LogP contribution in [0.15, 0.2) is 54.9 Å². The van der Waals surface area contributed by atoms with E-state index in [2.05, 4.69) is 25.3 Å². The maximum atomic E-state index is 13.7. The summed E-state index contributed by atoms with van der Waals surface area (Å²) in [7, 11) is 0. The molecule has 4 aromatic rings. The Kier molecular flexibility index (Phi) is 11.3. The van der Waals surface area contributed by atoms with Gasteiger partial charge >= 0.3 is 6.18 Å². The van der Waals surface area contributed by atoms with E-state index < -0.39 is 17.3 Å². The quantitative estimate of drug-likeness (QED) is 0.167. The van der Waals surface area contributed by atoms with Gasteiger partial charge in [-0.3, -0.25) is 4.79 Å². The number of aryl methyl sites for hydroxylation is 2. The highest BCUT2D eigenvalue weighted by atomic mass is 19.4. The van der Waals surface area contributed by atoms with E-state index in [4.69, 9.17) is 20.9 Å². The second kappa shape index (κ2) is 14.9. The van der Waals surface area contributed by atoms with Crippen molar-refractivity contribution >= 4 is 11.7 Å². The number of aromatic nitrogens is 4. The molecule has 10 nitrogen and oxygen atoms in total. The third-order valence-corrected chi connectivity index (χ3v) is 7.35. The first-order valence-corrected chi connectivity index (χ1v) is 15.9. The number of hydrogen-bond donors (Lipinski definition) is 3. The van der Waals surface area contributed by atoms with Crippen LogP contribution in [-0.4, -0.2) is 50.1 Å². The van der Waals surface area contributed by atoms with Crippen molar-refractivity contribution in [1.29, 1.82) is 0 Å². The molecule has 0 saturated carbocycles. The van der Waals surface area contributed by atoms with Gasteiger partial charge in [0.2, 0.25) is 5.91 Å². The summed E-state index contributed by atoms with van der Waals surface area (Å²) in [6.07, 6.45) is -0.701. The maximum Gasteiger partial charge on any atom is 0.419 e. The van der Waals surface area contributed by atoms with Crippen molar-refractivity contribution in [3.63, 3.8) is 0 Å². The van der Waals surface area contributed by atoms with Crippen LogP contribution in [0.4, 0.5) is 19.0 Å². The molecule has 1 aromatic carbocycles. The van der Waals surface area contributed by atoms with Crippen LogP contribution < -0.4 is 26.3 Å². The highest BCUT2D eigenvalue weighted by Crippen LogP contribution is 2.41. The normalized spacial score (nSPS) is 14.0. The average Bonchev–Trinajstić information content (AvgIpc) is 3.38. The Labute approximate surface area is 284 Å². The lowest BCUT2D eigenvalue weighted by atomic mass is 9.92. The minimum Gasteiger partial charge on any atom is -0.491 e. The van der Waals surface area contributed by atoms with E-state index in [-0.39, 0.29) is 30.2 Å². The maximum absolute atomic E-state index is 13.7. The van der Waals surface area contributed by atoms with E-state index in [9.17, 15) is 18.0 Å². The number of carbonyl (C=O) groups is 1. The van der Waals surface area contributed by atoms with E-state index in [1.54, 1.807) is 25.3 Å². The lowest BCUT2D eigenvalue weighted by Gasteiger charge is -2.27. The Morgan fingerprint density at radius 1 is 0.878 bits per heavy atom. The van der Waals surface area contributed by atoms with Gasteiger partial charge in [0.25, 0.3) is 0 Å². The highest BCUT2D eigenvalue weighted by molar-refractivity contribution is 6.00.